The number of benzene rings is 1. The third-order valence-electron chi connectivity index (χ3n) is 1.79. The summed E-state index contributed by atoms with van der Waals surface area (Å²) in [5, 5.41) is 8.99. The minimum atomic E-state index is -1.03. The normalized spacial score (nSPS) is 10.3. The van der Waals surface area contributed by atoms with Crippen molar-refractivity contribution in [2.45, 2.75) is 19.8 Å². The molecule has 0 spiro atoms. The molecule has 0 saturated carbocycles. The molecule has 0 N–H and O–H groups in total. The van der Waals surface area contributed by atoms with Gasteiger partial charge in [0.05, 0.1) is 0 Å². The lowest BCUT2D eigenvalue weighted by Crippen LogP contribution is -2.06. The molecule has 14 heavy (non-hydrogen) atoms. The highest BCUT2D eigenvalue weighted by Crippen LogP contribution is 2.25. The molecule has 4 nitrogen and oxygen atoms in total. The monoisotopic (exact) mass is 199 g/mol. The van der Waals surface area contributed by atoms with E-state index in [-0.39, 0.29) is 11.7 Å². The average Bonchev–Trinajstić information content (AvgIpc) is 2.07. The molecule has 0 aliphatic rings. The highest BCUT2D eigenvalue weighted by Gasteiger charge is 2.13. The van der Waals surface area contributed by atoms with Gasteiger partial charge in [-0.1, -0.05) is 26.0 Å². The third kappa shape index (κ3) is 2.18. The molecule has 0 unspecified atom stereocenters. The largest absolute Gasteiger partial charge is 0.299 e. The van der Waals surface area contributed by atoms with Crippen LogP contribution in [0.1, 0.15) is 25.3 Å². The Morgan fingerprint density at radius 1 is 1.50 bits per heavy atom. The summed E-state index contributed by atoms with van der Waals surface area (Å²) in [6.45, 7) is 3.60. The van der Waals surface area contributed by atoms with Crippen LogP contribution in [-0.2, 0) is 0 Å². The Hall–Kier alpha value is -1.65. The first-order valence-electron chi connectivity index (χ1n) is 4.13. The van der Waals surface area contributed by atoms with Crippen molar-refractivity contribution in [3.8, 4) is 5.75 Å². The summed E-state index contributed by atoms with van der Waals surface area (Å²) in [4.78, 5) is 14.1. The summed E-state index contributed by atoms with van der Waals surface area (Å²) < 4.78 is 13.5. The Labute approximate surface area is 80.4 Å². The van der Waals surface area contributed by atoms with Gasteiger partial charge in [-0.2, -0.15) is 0 Å². The first kappa shape index (κ1) is 10.4. The molecule has 0 radical (unpaired) electrons. The van der Waals surface area contributed by atoms with Crippen molar-refractivity contribution >= 4 is 0 Å². The molecule has 0 bridgehead atoms. The Balaban J connectivity index is 3.07. The van der Waals surface area contributed by atoms with E-state index in [9.17, 15) is 14.5 Å². The van der Waals surface area contributed by atoms with E-state index >= 15 is 0 Å². The zero-order chi connectivity index (χ0) is 10.7. The predicted octanol–water partition coefficient (Wildman–Crippen LogP) is 2.52. The number of halogens is 1. The van der Waals surface area contributed by atoms with Gasteiger partial charge >= 0.3 is 0 Å². The standard InChI is InChI=1S/C9H10FNO3/c1-6(2)7-4-3-5-8(9(7)10)14-11(12)13/h3-6H,1-2H3. The molecule has 0 aromatic heterocycles. The Morgan fingerprint density at radius 3 is 2.64 bits per heavy atom. The van der Waals surface area contributed by atoms with E-state index < -0.39 is 10.9 Å². The fourth-order valence-electron chi connectivity index (χ4n) is 1.12. The van der Waals surface area contributed by atoms with Gasteiger partial charge in [-0.15, -0.1) is 10.1 Å². The molecule has 1 rings (SSSR count). The van der Waals surface area contributed by atoms with E-state index in [2.05, 4.69) is 4.84 Å². The summed E-state index contributed by atoms with van der Waals surface area (Å²) in [5.41, 5.74) is 0.407. The second kappa shape index (κ2) is 4.04. The molecule has 0 aliphatic carbocycles. The maximum Gasteiger partial charge on any atom is 0.299 e. The van der Waals surface area contributed by atoms with Crippen molar-refractivity contribution in [2.24, 2.45) is 0 Å². The number of rotatable bonds is 3. The quantitative estimate of drug-likeness (QED) is 0.555. The zero-order valence-corrected chi connectivity index (χ0v) is 7.86. The molecule has 0 aliphatic heterocycles. The van der Waals surface area contributed by atoms with E-state index in [1.54, 1.807) is 19.9 Å². The molecule has 0 heterocycles. The Bertz CT molecular complexity index is 352. The molecule has 1 aromatic rings. The molecule has 0 fully saturated rings. The van der Waals surface area contributed by atoms with Crippen LogP contribution in [0.15, 0.2) is 18.2 Å². The molecular formula is C9H10FNO3. The van der Waals surface area contributed by atoms with E-state index in [4.69, 9.17) is 0 Å². The molecular weight excluding hydrogens is 189 g/mol. The highest BCUT2D eigenvalue weighted by atomic mass is 19.1. The van der Waals surface area contributed by atoms with Crippen LogP contribution in [0.4, 0.5) is 4.39 Å². The van der Waals surface area contributed by atoms with Crippen molar-refractivity contribution < 1.29 is 14.3 Å². The van der Waals surface area contributed by atoms with Crippen molar-refractivity contribution in [3.05, 3.63) is 39.7 Å². The van der Waals surface area contributed by atoms with Crippen LogP contribution in [0, 0.1) is 15.9 Å². The lowest BCUT2D eigenvalue weighted by Gasteiger charge is -2.08. The zero-order valence-electron chi connectivity index (χ0n) is 7.86. The molecule has 0 amide bonds. The van der Waals surface area contributed by atoms with Gasteiger partial charge in [-0.05, 0) is 17.5 Å². The van der Waals surface area contributed by atoms with Crippen molar-refractivity contribution in [1.82, 2.24) is 0 Å². The van der Waals surface area contributed by atoms with Crippen LogP contribution in [0.2, 0.25) is 0 Å². The van der Waals surface area contributed by atoms with Gasteiger partial charge in [0.15, 0.2) is 11.6 Å². The van der Waals surface area contributed by atoms with Gasteiger partial charge in [-0.3, -0.25) is 4.84 Å². The maximum atomic E-state index is 13.5. The Morgan fingerprint density at radius 2 is 2.14 bits per heavy atom. The maximum absolute atomic E-state index is 13.5. The van der Waals surface area contributed by atoms with Crippen molar-refractivity contribution in [2.75, 3.05) is 0 Å². The average molecular weight is 199 g/mol. The molecule has 76 valence electrons. The van der Waals surface area contributed by atoms with E-state index in [1.165, 1.54) is 12.1 Å². The Kier molecular flexibility index (Phi) is 3.01. The summed E-state index contributed by atoms with van der Waals surface area (Å²) in [5.74, 6) is -1.05. The first-order valence-corrected chi connectivity index (χ1v) is 4.13. The summed E-state index contributed by atoms with van der Waals surface area (Å²) in [6, 6.07) is 4.33. The number of nitrogens with zero attached hydrogens (tertiary/aromatic N) is 1. The van der Waals surface area contributed by atoms with Crippen LogP contribution in [-0.4, -0.2) is 5.09 Å². The van der Waals surface area contributed by atoms with Crippen molar-refractivity contribution in [1.29, 1.82) is 0 Å². The van der Waals surface area contributed by atoms with Gasteiger partial charge in [0.2, 0.25) is 0 Å². The smallest absolute Gasteiger partial charge is 0.273 e. The fourth-order valence-corrected chi connectivity index (χ4v) is 1.12. The van der Waals surface area contributed by atoms with Crippen LogP contribution >= 0.6 is 0 Å². The second-order valence-corrected chi connectivity index (χ2v) is 3.13. The first-order chi connectivity index (χ1) is 6.52. The minimum Gasteiger partial charge on any atom is -0.273 e. The van der Waals surface area contributed by atoms with Crippen LogP contribution in [0.25, 0.3) is 0 Å². The third-order valence-corrected chi connectivity index (χ3v) is 1.79. The molecule has 0 atom stereocenters. The van der Waals surface area contributed by atoms with Crippen LogP contribution in [0.5, 0.6) is 5.75 Å². The topological polar surface area (TPSA) is 52.4 Å². The molecule has 1 aromatic carbocycles. The van der Waals surface area contributed by atoms with Gasteiger partial charge in [0.1, 0.15) is 0 Å². The highest BCUT2D eigenvalue weighted by molar-refractivity contribution is 5.32. The SMILES string of the molecule is CC(C)c1cccc(O[N+](=O)[O-])c1F. The van der Waals surface area contributed by atoms with Gasteiger partial charge in [0.25, 0.3) is 5.09 Å². The summed E-state index contributed by atoms with van der Waals surface area (Å²) >= 11 is 0. The van der Waals surface area contributed by atoms with Crippen molar-refractivity contribution in [3.63, 3.8) is 0 Å². The number of hydrogen-bond acceptors (Lipinski definition) is 3. The number of hydrogen-bond donors (Lipinski definition) is 0. The minimum absolute atomic E-state index is 0.0368. The lowest BCUT2D eigenvalue weighted by molar-refractivity contribution is -0.711. The predicted molar refractivity (Wildman–Crippen MR) is 48.1 cm³/mol. The molecule has 0 saturated heterocycles. The lowest BCUT2D eigenvalue weighted by atomic mass is 10.0. The van der Waals surface area contributed by atoms with Gasteiger partial charge < -0.3 is 0 Å². The van der Waals surface area contributed by atoms with E-state index in [0.717, 1.165) is 0 Å². The van der Waals surface area contributed by atoms with E-state index in [1.807, 2.05) is 0 Å². The van der Waals surface area contributed by atoms with Crippen LogP contribution in [0.3, 0.4) is 0 Å². The second-order valence-electron chi connectivity index (χ2n) is 3.13. The summed E-state index contributed by atoms with van der Waals surface area (Å²) in [7, 11) is 0. The van der Waals surface area contributed by atoms with Gasteiger partial charge in [0, 0.05) is 0 Å². The van der Waals surface area contributed by atoms with E-state index in [0.29, 0.717) is 5.56 Å². The van der Waals surface area contributed by atoms with Gasteiger partial charge in [-0.25, -0.2) is 4.39 Å². The summed E-state index contributed by atoms with van der Waals surface area (Å²) in [6.07, 6.45) is 0. The van der Waals surface area contributed by atoms with Crippen LogP contribution < -0.4 is 4.84 Å². The molecule has 5 heteroatoms. The fraction of sp³-hybridized carbons (Fsp3) is 0.333.